The Labute approximate surface area is 146 Å². The number of thiophene rings is 1. The number of carbonyl (C=O) groups is 1. The summed E-state index contributed by atoms with van der Waals surface area (Å²) in [7, 11) is 0. The Hall–Kier alpha value is -1.63. The number of hydrogen-bond donors (Lipinski definition) is 2. The molecule has 0 bridgehead atoms. The van der Waals surface area contributed by atoms with Crippen LogP contribution in [0.15, 0.2) is 34.3 Å². The Morgan fingerprint density at radius 2 is 2.42 bits per heavy atom. The number of carbonyl (C=O) groups excluding carboxylic acids is 1. The molecule has 6 heteroatoms. The van der Waals surface area contributed by atoms with Gasteiger partial charge < -0.3 is 14.8 Å². The first-order chi connectivity index (χ1) is 11.6. The lowest BCUT2D eigenvalue weighted by molar-refractivity contribution is -0.122. The number of likely N-dealkylation sites (tertiary alicyclic amines) is 1. The molecule has 2 unspecified atom stereocenters. The van der Waals surface area contributed by atoms with Crippen molar-refractivity contribution in [3.05, 3.63) is 46.0 Å². The van der Waals surface area contributed by atoms with Crippen molar-refractivity contribution in [2.75, 3.05) is 13.1 Å². The summed E-state index contributed by atoms with van der Waals surface area (Å²) < 4.78 is 5.27. The van der Waals surface area contributed by atoms with Crippen molar-refractivity contribution in [1.29, 1.82) is 0 Å². The molecule has 0 aromatic carbocycles. The van der Waals surface area contributed by atoms with E-state index in [0.29, 0.717) is 25.3 Å². The predicted octanol–water partition coefficient (Wildman–Crippen LogP) is 2.85. The molecule has 0 radical (unpaired) electrons. The lowest BCUT2D eigenvalue weighted by Crippen LogP contribution is -2.40. The van der Waals surface area contributed by atoms with Gasteiger partial charge in [-0.3, -0.25) is 9.69 Å². The van der Waals surface area contributed by atoms with Gasteiger partial charge in [-0.05, 0) is 61.9 Å². The number of furan rings is 1. The highest BCUT2D eigenvalue weighted by Crippen LogP contribution is 2.27. The van der Waals surface area contributed by atoms with Crippen LogP contribution in [-0.4, -0.2) is 35.0 Å². The van der Waals surface area contributed by atoms with Crippen LogP contribution in [0.5, 0.6) is 0 Å². The molecule has 1 aliphatic rings. The first kappa shape index (κ1) is 17.2. The molecular weight excluding hydrogens is 324 g/mol. The summed E-state index contributed by atoms with van der Waals surface area (Å²) in [5.74, 6) is 0.640. The Bertz CT molecular complexity index is 653. The van der Waals surface area contributed by atoms with Gasteiger partial charge in [-0.25, -0.2) is 0 Å². The fraction of sp³-hybridized carbons (Fsp3) is 0.500. The van der Waals surface area contributed by atoms with Gasteiger partial charge >= 0.3 is 0 Å². The van der Waals surface area contributed by atoms with Gasteiger partial charge in [0.25, 0.3) is 0 Å². The van der Waals surface area contributed by atoms with Gasteiger partial charge in [0.2, 0.25) is 5.91 Å². The maximum Gasteiger partial charge on any atom is 0.234 e. The topological polar surface area (TPSA) is 65.7 Å². The van der Waals surface area contributed by atoms with Crippen molar-refractivity contribution < 1.29 is 14.3 Å². The van der Waals surface area contributed by atoms with Crippen molar-refractivity contribution in [2.45, 2.75) is 44.9 Å². The highest BCUT2D eigenvalue weighted by atomic mass is 32.1. The van der Waals surface area contributed by atoms with Gasteiger partial charge in [0.1, 0.15) is 11.9 Å². The molecule has 5 nitrogen and oxygen atoms in total. The van der Waals surface area contributed by atoms with E-state index in [1.54, 1.807) is 29.7 Å². The molecule has 2 aromatic rings. The SMILES string of the molecule is Cc1ccsc1CNC(=O)CN1CCCC1CC(O)c1ccco1. The number of aliphatic hydroxyl groups excluding tert-OH is 1. The summed E-state index contributed by atoms with van der Waals surface area (Å²) >= 11 is 1.67. The fourth-order valence-electron chi connectivity index (χ4n) is 3.23. The molecule has 24 heavy (non-hydrogen) atoms. The van der Waals surface area contributed by atoms with Crippen LogP contribution in [-0.2, 0) is 11.3 Å². The average Bonchev–Trinajstić information content (AvgIpc) is 3.28. The number of aryl methyl sites for hydroxylation is 1. The third-order valence-electron chi connectivity index (χ3n) is 4.63. The van der Waals surface area contributed by atoms with Crippen molar-refractivity contribution in [3.8, 4) is 0 Å². The van der Waals surface area contributed by atoms with Gasteiger partial charge in [-0.15, -0.1) is 11.3 Å². The summed E-state index contributed by atoms with van der Waals surface area (Å²) in [4.78, 5) is 15.6. The number of nitrogens with one attached hydrogen (secondary N) is 1. The molecule has 1 amide bonds. The van der Waals surface area contributed by atoms with E-state index in [0.717, 1.165) is 19.4 Å². The third kappa shape index (κ3) is 4.26. The van der Waals surface area contributed by atoms with Gasteiger partial charge in [-0.2, -0.15) is 0 Å². The Balaban J connectivity index is 1.48. The minimum Gasteiger partial charge on any atom is -0.467 e. The standard InChI is InChI=1S/C18H24N2O3S/c1-13-6-9-24-17(13)11-19-18(22)12-20-7-2-4-14(20)10-15(21)16-5-3-8-23-16/h3,5-6,8-9,14-15,21H,2,4,7,10-12H2,1H3,(H,19,22). The van der Waals surface area contributed by atoms with Crippen LogP contribution in [0, 0.1) is 6.92 Å². The van der Waals surface area contributed by atoms with Gasteiger partial charge in [-0.1, -0.05) is 0 Å². The molecule has 1 aliphatic heterocycles. The minimum absolute atomic E-state index is 0.0437. The largest absolute Gasteiger partial charge is 0.467 e. The number of amides is 1. The lowest BCUT2D eigenvalue weighted by Gasteiger charge is -2.25. The van der Waals surface area contributed by atoms with Gasteiger partial charge in [0.05, 0.1) is 19.4 Å². The van der Waals surface area contributed by atoms with Crippen LogP contribution in [0.25, 0.3) is 0 Å². The molecule has 1 saturated heterocycles. The normalized spacial score (nSPS) is 19.5. The van der Waals surface area contributed by atoms with E-state index in [4.69, 9.17) is 4.42 Å². The molecule has 1 fully saturated rings. The van der Waals surface area contributed by atoms with Gasteiger partial charge in [0, 0.05) is 10.9 Å². The summed E-state index contributed by atoms with van der Waals surface area (Å²) in [5.41, 5.74) is 1.22. The second kappa shape index (κ2) is 7.96. The molecule has 3 rings (SSSR count). The van der Waals surface area contributed by atoms with Crippen LogP contribution in [0.2, 0.25) is 0 Å². The van der Waals surface area contributed by atoms with E-state index in [9.17, 15) is 9.90 Å². The summed E-state index contributed by atoms with van der Waals surface area (Å²) in [6.07, 6.45) is 3.64. The molecule has 0 spiro atoms. The molecule has 3 heterocycles. The number of hydrogen-bond acceptors (Lipinski definition) is 5. The molecule has 130 valence electrons. The summed E-state index contributed by atoms with van der Waals surface area (Å²) in [6.45, 7) is 3.95. The molecule has 0 aliphatic carbocycles. The zero-order valence-electron chi connectivity index (χ0n) is 13.9. The second-order valence-corrected chi connectivity index (χ2v) is 7.34. The Kier molecular flexibility index (Phi) is 5.71. The van der Waals surface area contributed by atoms with E-state index in [2.05, 4.69) is 23.2 Å². The van der Waals surface area contributed by atoms with E-state index in [1.807, 2.05) is 5.38 Å². The van der Waals surface area contributed by atoms with Crippen LogP contribution in [0.4, 0.5) is 0 Å². The summed E-state index contributed by atoms with van der Waals surface area (Å²) in [5, 5.41) is 15.3. The third-order valence-corrected chi connectivity index (χ3v) is 5.65. The maximum atomic E-state index is 12.2. The van der Waals surface area contributed by atoms with E-state index < -0.39 is 6.10 Å². The van der Waals surface area contributed by atoms with Crippen molar-refractivity contribution in [2.24, 2.45) is 0 Å². The first-order valence-electron chi connectivity index (χ1n) is 8.38. The molecular formula is C18H24N2O3S. The zero-order chi connectivity index (χ0) is 16.9. The van der Waals surface area contributed by atoms with Crippen molar-refractivity contribution in [3.63, 3.8) is 0 Å². The van der Waals surface area contributed by atoms with Crippen LogP contribution in [0.1, 0.15) is 41.6 Å². The highest BCUT2D eigenvalue weighted by molar-refractivity contribution is 7.10. The lowest BCUT2D eigenvalue weighted by atomic mass is 10.1. The van der Waals surface area contributed by atoms with Gasteiger partial charge in [0.15, 0.2) is 0 Å². The molecule has 2 atom stereocenters. The number of rotatable bonds is 7. The highest BCUT2D eigenvalue weighted by Gasteiger charge is 2.29. The number of aliphatic hydroxyl groups is 1. The predicted molar refractivity (Wildman–Crippen MR) is 93.8 cm³/mol. The Morgan fingerprint density at radius 3 is 3.12 bits per heavy atom. The minimum atomic E-state index is -0.609. The zero-order valence-corrected chi connectivity index (χ0v) is 14.7. The van der Waals surface area contributed by atoms with E-state index in [-0.39, 0.29) is 11.9 Å². The smallest absolute Gasteiger partial charge is 0.234 e. The van der Waals surface area contributed by atoms with Crippen LogP contribution >= 0.6 is 11.3 Å². The average molecular weight is 348 g/mol. The van der Waals surface area contributed by atoms with Crippen LogP contribution < -0.4 is 5.32 Å². The Morgan fingerprint density at radius 1 is 1.54 bits per heavy atom. The fourth-order valence-corrected chi connectivity index (χ4v) is 4.08. The molecule has 0 saturated carbocycles. The summed E-state index contributed by atoms with van der Waals surface area (Å²) in [6, 6.07) is 5.86. The van der Waals surface area contributed by atoms with Crippen LogP contribution in [0.3, 0.4) is 0 Å². The monoisotopic (exact) mass is 348 g/mol. The number of nitrogens with zero attached hydrogens (tertiary/aromatic N) is 1. The molecule has 2 N–H and O–H groups in total. The van der Waals surface area contributed by atoms with Crippen molar-refractivity contribution >= 4 is 17.2 Å². The maximum absolute atomic E-state index is 12.2. The molecule has 2 aromatic heterocycles. The quantitative estimate of drug-likeness (QED) is 0.807. The second-order valence-electron chi connectivity index (χ2n) is 6.34. The first-order valence-corrected chi connectivity index (χ1v) is 9.26. The van der Waals surface area contributed by atoms with E-state index in [1.165, 1.54) is 10.4 Å². The van der Waals surface area contributed by atoms with E-state index >= 15 is 0 Å². The van der Waals surface area contributed by atoms with Crippen molar-refractivity contribution in [1.82, 2.24) is 10.2 Å².